The van der Waals surface area contributed by atoms with Crippen molar-refractivity contribution in [1.29, 1.82) is 0 Å². The molecule has 1 aliphatic carbocycles. The molecule has 2 aromatic rings. The van der Waals surface area contributed by atoms with E-state index in [-0.39, 0.29) is 0 Å². The second kappa shape index (κ2) is 7.14. The molecular weight excluding hydrogens is 278 g/mol. The van der Waals surface area contributed by atoms with Gasteiger partial charge in [0.2, 0.25) is 0 Å². The van der Waals surface area contributed by atoms with Crippen LogP contribution < -0.4 is 5.32 Å². The molecule has 0 bridgehead atoms. The van der Waals surface area contributed by atoms with Gasteiger partial charge in [0, 0.05) is 23.7 Å². The molecule has 0 unspecified atom stereocenters. The maximum absolute atomic E-state index is 4.83. The van der Waals surface area contributed by atoms with Gasteiger partial charge in [-0.1, -0.05) is 32.3 Å². The average molecular weight is 301 g/mol. The first-order valence-corrected chi connectivity index (χ1v) is 8.82. The van der Waals surface area contributed by atoms with Crippen molar-refractivity contribution in [3.8, 4) is 10.7 Å². The molecule has 0 saturated heterocycles. The topological polar surface area (TPSA) is 37.8 Å². The molecule has 4 heteroatoms. The molecule has 1 aliphatic rings. The van der Waals surface area contributed by atoms with E-state index in [0.29, 0.717) is 6.04 Å². The molecule has 21 heavy (non-hydrogen) atoms. The fourth-order valence-corrected chi connectivity index (χ4v) is 3.95. The Morgan fingerprint density at radius 1 is 1.29 bits per heavy atom. The highest BCUT2D eigenvalue weighted by atomic mass is 32.1. The molecule has 2 heterocycles. The molecule has 1 fully saturated rings. The van der Waals surface area contributed by atoms with Gasteiger partial charge < -0.3 is 5.32 Å². The van der Waals surface area contributed by atoms with Crippen molar-refractivity contribution in [2.24, 2.45) is 0 Å². The summed E-state index contributed by atoms with van der Waals surface area (Å²) in [6, 6.07) is 6.73. The molecule has 1 saturated carbocycles. The number of pyridine rings is 1. The zero-order chi connectivity index (χ0) is 14.5. The van der Waals surface area contributed by atoms with Gasteiger partial charge in [0.25, 0.3) is 0 Å². The number of thiazole rings is 1. The van der Waals surface area contributed by atoms with E-state index in [1.165, 1.54) is 36.3 Å². The molecule has 0 radical (unpaired) electrons. The van der Waals surface area contributed by atoms with Crippen LogP contribution in [0.3, 0.4) is 0 Å². The van der Waals surface area contributed by atoms with Crippen LogP contribution in [0, 0.1) is 0 Å². The van der Waals surface area contributed by atoms with Crippen molar-refractivity contribution in [3.63, 3.8) is 0 Å². The lowest BCUT2D eigenvalue weighted by atomic mass is 10.2. The lowest BCUT2D eigenvalue weighted by molar-refractivity contribution is 0.525. The summed E-state index contributed by atoms with van der Waals surface area (Å²) in [7, 11) is 0. The summed E-state index contributed by atoms with van der Waals surface area (Å²) in [6.45, 7) is 3.18. The minimum Gasteiger partial charge on any atom is -0.309 e. The van der Waals surface area contributed by atoms with Crippen molar-refractivity contribution in [2.75, 3.05) is 0 Å². The Kier molecular flexibility index (Phi) is 4.99. The van der Waals surface area contributed by atoms with Gasteiger partial charge in [-0.05, 0) is 31.4 Å². The molecule has 0 aromatic carbocycles. The van der Waals surface area contributed by atoms with Gasteiger partial charge in [-0.3, -0.25) is 4.98 Å². The van der Waals surface area contributed by atoms with Gasteiger partial charge in [-0.15, -0.1) is 11.3 Å². The number of rotatable bonds is 6. The van der Waals surface area contributed by atoms with Crippen LogP contribution in [0.5, 0.6) is 0 Å². The van der Waals surface area contributed by atoms with Crippen LogP contribution in [0.25, 0.3) is 10.7 Å². The lowest BCUT2D eigenvalue weighted by Crippen LogP contribution is -2.25. The van der Waals surface area contributed by atoms with E-state index in [2.05, 4.69) is 17.2 Å². The van der Waals surface area contributed by atoms with Gasteiger partial charge in [-0.2, -0.15) is 0 Å². The Labute approximate surface area is 130 Å². The Morgan fingerprint density at radius 3 is 2.86 bits per heavy atom. The Morgan fingerprint density at radius 2 is 2.14 bits per heavy atom. The maximum Gasteiger partial charge on any atom is 0.142 e. The van der Waals surface area contributed by atoms with Crippen LogP contribution in [0.4, 0.5) is 0 Å². The van der Waals surface area contributed by atoms with E-state index in [1.807, 2.05) is 24.4 Å². The maximum atomic E-state index is 4.83. The van der Waals surface area contributed by atoms with Crippen LogP contribution in [0.1, 0.15) is 49.6 Å². The lowest BCUT2D eigenvalue weighted by Gasteiger charge is -2.11. The van der Waals surface area contributed by atoms with Crippen LogP contribution in [-0.4, -0.2) is 16.0 Å². The number of nitrogens with zero attached hydrogens (tertiary/aromatic N) is 2. The van der Waals surface area contributed by atoms with Gasteiger partial charge in [0.1, 0.15) is 5.01 Å². The highest BCUT2D eigenvalue weighted by molar-refractivity contribution is 7.15. The van der Waals surface area contributed by atoms with Crippen LogP contribution in [-0.2, 0) is 13.0 Å². The highest BCUT2D eigenvalue weighted by Crippen LogP contribution is 2.28. The minimum absolute atomic E-state index is 0.708. The first-order chi connectivity index (χ1) is 10.4. The van der Waals surface area contributed by atoms with Crippen molar-refractivity contribution >= 4 is 11.3 Å². The quantitative estimate of drug-likeness (QED) is 0.869. The number of nitrogens with one attached hydrogen (secondary N) is 1. The molecule has 0 atom stereocenters. The molecule has 0 spiro atoms. The summed E-state index contributed by atoms with van der Waals surface area (Å²) in [4.78, 5) is 10.7. The smallest absolute Gasteiger partial charge is 0.142 e. The Balaban J connectivity index is 1.76. The van der Waals surface area contributed by atoms with Gasteiger partial charge in [-0.25, -0.2) is 4.98 Å². The predicted octanol–water partition coefficient (Wildman–Crippen LogP) is 4.19. The van der Waals surface area contributed by atoms with Crippen molar-refractivity contribution in [2.45, 2.75) is 58.0 Å². The fraction of sp³-hybridized carbons (Fsp3) is 0.529. The first kappa shape index (κ1) is 14.7. The number of hydrogen-bond acceptors (Lipinski definition) is 4. The monoisotopic (exact) mass is 301 g/mol. The predicted molar refractivity (Wildman–Crippen MR) is 88.4 cm³/mol. The third kappa shape index (κ3) is 3.69. The Hall–Kier alpha value is -1.26. The third-order valence-corrected chi connectivity index (χ3v) is 5.18. The van der Waals surface area contributed by atoms with Gasteiger partial charge in [0.15, 0.2) is 0 Å². The largest absolute Gasteiger partial charge is 0.309 e. The molecule has 112 valence electrons. The van der Waals surface area contributed by atoms with E-state index in [9.17, 15) is 0 Å². The second-order valence-electron chi connectivity index (χ2n) is 5.72. The summed E-state index contributed by atoms with van der Waals surface area (Å²) in [5.74, 6) is 0. The normalized spacial score (nSPS) is 15.7. The Bertz CT molecular complexity index is 559. The second-order valence-corrected chi connectivity index (χ2v) is 6.80. The number of aromatic nitrogens is 2. The standard InChI is InChI=1S/C17H23N3S/c1-2-7-14-16(12-19-13-8-3-4-9-13)21-17(20-14)15-10-5-6-11-18-15/h5-6,10-11,13,19H,2-4,7-9,12H2,1H3. The summed E-state index contributed by atoms with van der Waals surface area (Å²) in [6.07, 6.45) is 9.45. The van der Waals surface area contributed by atoms with Crippen molar-refractivity contribution < 1.29 is 0 Å². The third-order valence-electron chi connectivity index (χ3n) is 4.06. The molecule has 0 aliphatic heterocycles. The van der Waals surface area contributed by atoms with E-state index >= 15 is 0 Å². The van der Waals surface area contributed by atoms with Crippen LogP contribution in [0.2, 0.25) is 0 Å². The SMILES string of the molecule is CCCc1nc(-c2ccccn2)sc1CNC1CCCC1. The molecular formula is C17H23N3S. The number of aryl methyl sites for hydroxylation is 1. The van der Waals surface area contributed by atoms with E-state index < -0.39 is 0 Å². The molecule has 3 rings (SSSR count). The summed E-state index contributed by atoms with van der Waals surface area (Å²) < 4.78 is 0. The summed E-state index contributed by atoms with van der Waals surface area (Å²) >= 11 is 1.80. The zero-order valence-corrected chi connectivity index (χ0v) is 13.5. The van der Waals surface area contributed by atoms with Gasteiger partial charge >= 0.3 is 0 Å². The zero-order valence-electron chi connectivity index (χ0n) is 12.6. The van der Waals surface area contributed by atoms with Crippen molar-refractivity contribution in [1.82, 2.24) is 15.3 Å². The molecule has 0 amide bonds. The minimum atomic E-state index is 0.708. The van der Waals surface area contributed by atoms with Crippen molar-refractivity contribution in [3.05, 3.63) is 35.0 Å². The molecule has 2 aromatic heterocycles. The van der Waals surface area contributed by atoms with E-state index in [4.69, 9.17) is 4.98 Å². The highest BCUT2D eigenvalue weighted by Gasteiger charge is 2.17. The van der Waals surface area contributed by atoms with Crippen LogP contribution >= 0.6 is 11.3 Å². The van der Waals surface area contributed by atoms with Crippen LogP contribution in [0.15, 0.2) is 24.4 Å². The first-order valence-electron chi connectivity index (χ1n) is 8.00. The fourth-order valence-electron chi connectivity index (χ4n) is 2.92. The molecule has 1 N–H and O–H groups in total. The number of hydrogen-bond donors (Lipinski definition) is 1. The molecule has 3 nitrogen and oxygen atoms in total. The summed E-state index contributed by atoms with van der Waals surface area (Å²) in [5, 5.41) is 4.77. The van der Waals surface area contributed by atoms with E-state index in [1.54, 1.807) is 11.3 Å². The van der Waals surface area contributed by atoms with E-state index in [0.717, 1.165) is 30.1 Å². The average Bonchev–Trinajstić information content (AvgIpc) is 3.16. The van der Waals surface area contributed by atoms with Gasteiger partial charge in [0.05, 0.1) is 11.4 Å². The summed E-state index contributed by atoms with van der Waals surface area (Å²) in [5.41, 5.74) is 2.25.